The number of amides is 1. The third-order valence-corrected chi connectivity index (χ3v) is 3.41. The highest BCUT2D eigenvalue weighted by atomic mass is 16.5. The van der Waals surface area contributed by atoms with Gasteiger partial charge in [-0.15, -0.1) is 0 Å². The number of ether oxygens (including phenoxy) is 1. The van der Waals surface area contributed by atoms with Crippen LogP contribution in [-0.2, 0) is 4.79 Å². The van der Waals surface area contributed by atoms with Gasteiger partial charge in [0, 0.05) is 36.9 Å². The van der Waals surface area contributed by atoms with Gasteiger partial charge in [-0.1, -0.05) is 12.8 Å². The van der Waals surface area contributed by atoms with Crippen LogP contribution in [0, 0.1) is 0 Å². The molecule has 1 aromatic carbocycles. The zero-order valence-electron chi connectivity index (χ0n) is 13.4. The molecule has 0 atom stereocenters. The van der Waals surface area contributed by atoms with Crippen LogP contribution in [0.2, 0.25) is 0 Å². The third kappa shape index (κ3) is 8.21. The van der Waals surface area contributed by atoms with Crippen LogP contribution < -0.4 is 15.8 Å². The molecule has 4 N–H and O–H groups in total. The summed E-state index contributed by atoms with van der Waals surface area (Å²) in [4.78, 5) is 22.3. The summed E-state index contributed by atoms with van der Waals surface area (Å²) < 4.78 is 5.51. The van der Waals surface area contributed by atoms with Crippen molar-refractivity contribution < 1.29 is 19.4 Å². The highest BCUT2D eigenvalue weighted by Gasteiger charge is 2.03. The Morgan fingerprint density at radius 3 is 2.70 bits per heavy atom. The van der Waals surface area contributed by atoms with Crippen molar-refractivity contribution >= 4 is 17.9 Å². The molecule has 0 unspecified atom stereocenters. The minimum Gasteiger partial charge on any atom is -0.494 e. The van der Waals surface area contributed by atoms with E-state index in [9.17, 15) is 9.59 Å². The molecule has 0 aliphatic heterocycles. The molecule has 0 aliphatic rings. The molecule has 1 amide bonds. The van der Waals surface area contributed by atoms with E-state index < -0.39 is 0 Å². The lowest BCUT2D eigenvalue weighted by Gasteiger charge is -2.08. The number of carbonyl (C=O) groups excluding carboxylic acids is 2. The number of aldehydes is 1. The Bertz CT molecular complexity index is 491. The number of nitrogen functional groups attached to an aromatic ring is 1. The molecule has 1 rings (SSSR count). The van der Waals surface area contributed by atoms with E-state index in [1.54, 1.807) is 18.2 Å². The molecule has 6 nitrogen and oxygen atoms in total. The van der Waals surface area contributed by atoms with Gasteiger partial charge in [0.05, 0.1) is 6.61 Å². The molecule has 0 heterocycles. The Labute approximate surface area is 137 Å². The highest BCUT2D eigenvalue weighted by molar-refractivity contribution is 5.83. The molecule has 0 saturated carbocycles. The van der Waals surface area contributed by atoms with Gasteiger partial charge in [-0.2, -0.15) is 0 Å². The molecule has 23 heavy (non-hydrogen) atoms. The number of nitrogens with two attached hydrogens (primary N) is 1. The summed E-state index contributed by atoms with van der Waals surface area (Å²) in [7, 11) is 0. The Kier molecular flexibility index (Phi) is 9.47. The van der Waals surface area contributed by atoms with Gasteiger partial charge in [-0.25, -0.2) is 0 Å². The second kappa shape index (κ2) is 11.5. The summed E-state index contributed by atoms with van der Waals surface area (Å²) in [6, 6.07) is 4.91. The first-order valence-electron chi connectivity index (χ1n) is 8.02. The van der Waals surface area contributed by atoms with E-state index in [1.807, 2.05) is 0 Å². The van der Waals surface area contributed by atoms with Crippen LogP contribution >= 0.6 is 0 Å². The predicted molar refractivity (Wildman–Crippen MR) is 89.5 cm³/mol. The largest absolute Gasteiger partial charge is 0.494 e. The van der Waals surface area contributed by atoms with Crippen LogP contribution in [0.15, 0.2) is 18.2 Å². The molecule has 0 bridgehead atoms. The van der Waals surface area contributed by atoms with Gasteiger partial charge in [0.2, 0.25) is 5.91 Å². The Morgan fingerprint density at radius 1 is 1.22 bits per heavy atom. The maximum Gasteiger partial charge on any atom is 0.220 e. The van der Waals surface area contributed by atoms with Crippen LogP contribution in [-0.4, -0.2) is 37.1 Å². The number of aliphatic hydroxyl groups excluding tert-OH is 1. The van der Waals surface area contributed by atoms with Gasteiger partial charge < -0.3 is 20.9 Å². The van der Waals surface area contributed by atoms with Crippen LogP contribution in [0.4, 0.5) is 5.69 Å². The summed E-state index contributed by atoms with van der Waals surface area (Å²) >= 11 is 0. The zero-order chi connectivity index (χ0) is 16.9. The standard InChI is InChI=1S/C17H26N2O4/c18-16-12-15(8-7-14(16)13-21)23-11-5-6-17(22)19-9-3-1-2-4-10-20/h7-8,12-13,20H,1-6,9-11,18H2,(H,19,22). The van der Waals surface area contributed by atoms with E-state index in [-0.39, 0.29) is 12.5 Å². The second-order valence-corrected chi connectivity index (χ2v) is 5.35. The number of anilines is 1. The number of hydrogen-bond acceptors (Lipinski definition) is 5. The van der Waals surface area contributed by atoms with Gasteiger partial charge in [0.25, 0.3) is 0 Å². The number of rotatable bonds is 12. The average molecular weight is 322 g/mol. The number of benzene rings is 1. The first-order chi connectivity index (χ1) is 11.2. The van der Waals surface area contributed by atoms with Gasteiger partial charge >= 0.3 is 0 Å². The van der Waals surface area contributed by atoms with Crippen molar-refractivity contribution in [1.29, 1.82) is 0 Å². The van der Waals surface area contributed by atoms with Crippen molar-refractivity contribution in [2.75, 3.05) is 25.5 Å². The molecule has 6 heteroatoms. The molecule has 0 aliphatic carbocycles. The first-order valence-corrected chi connectivity index (χ1v) is 8.02. The van der Waals surface area contributed by atoms with E-state index in [0.717, 1.165) is 25.7 Å². The lowest BCUT2D eigenvalue weighted by Crippen LogP contribution is -2.24. The summed E-state index contributed by atoms with van der Waals surface area (Å²) in [5.74, 6) is 0.615. The molecule has 0 saturated heterocycles. The lowest BCUT2D eigenvalue weighted by molar-refractivity contribution is -0.121. The number of aliphatic hydroxyl groups is 1. The quantitative estimate of drug-likeness (QED) is 0.310. The average Bonchev–Trinajstić information content (AvgIpc) is 2.55. The Hall–Kier alpha value is -2.08. The molecular formula is C17H26N2O4. The van der Waals surface area contributed by atoms with Crippen molar-refractivity contribution in [3.8, 4) is 5.75 Å². The molecule has 128 valence electrons. The van der Waals surface area contributed by atoms with Crippen molar-refractivity contribution in [3.05, 3.63) is 23.8 Å². The number of carbonyl (C=O) groups is 2. The second-order valence-electron chi connectivity index (χ2n) is 5.35. The van der Waals surface area contributed by atoms with Crippen molar-refractivity contribution in [2.24, 2.45) is 0 Å². The number of hydrogen-bond donors (Lipinski definition) is 3. The van der Waals surface area contributed by atoms with Crippen molar-refractivity contribution in [1.82, 2.24) is 5.32 Å². The highest BCUT2D eigenvalue weighted by Crippen LogP contribution is 2.18. The summed E-state index contributed by atoms with van der Waals surface area (Å²) in [6.07, 6.45) is 5.50. The molecule has 0 radical (unpaired) electrons. The predicted octanol–water partition coefficient (Wildman–Crippen LogP) is 1.91. The van der Waals surface area contributed by atoms with Crippen molar-refractivity contribution in [2.45, 2.75) is 38.5 Å². The van der Waals surface area contributed by atoms with Gasteiger partial charge in [-0.05, 0) is 31.4 Å². The maximum atomic E-state index is 11.6. The number of nitrogens with one attached hydrogen (secondary N) is 1. The molecule has 1 aromatic rings. The zero-order valence-corrected chi connectivity index (χ0v) is 13.4. The van der Waals surface area contributed by atoms with Crippen LogP contribution in [0.3, 0.4) is 0 Å². The fourth-order valence-electron chi connectivity index (χ4n) is 2.08. The monoisotopic (exact) mass is 322 g/mol. The minimum atomic E-state index is 0.0200. The lowest BCUT2D eigenvalue weighted by atomic mass is 10.2. The van der Waals surface area contributed by atoms with E-state index in [0.29, 0.717) is 49.3 Å². The van der Waals surface area contributed by atoms with Crippen LogP contribution in [0.1, 0.15) is 48.9 Å². The first kappa shape index (κ1) is 19.0. The van der Waals surface area contributed by atoms with E-state index >= 15 is 0 Å². The van der Waals surface area contributed by atoms with Crippen LogP contribution in [0.25, 0.3) is 0 Å². The topological polar surface area (TPSA) is 102 Å². The molecule has 0 aromatic heterocycles. The fourth-order valence-corrected chi connectivity index (χ4v) is 2.08. The van der Waals surface area contributed by atoms with Crippen LogP contribution in [0.5, 0.6) is 5.75 Å². The summed E-state index contributed by atoms with van der Waals surface area (Å²) in [5, 5.41) is 11.5. The summed E-state index contributed by atoms with van der Waals surface area (Å²) in [6.45, 7) is 1.33. The van der Waals surface area contributed by atoms with Gasteiger partial charge in [0.15, 0.2) is 6.29 Å². The normalized spacial score (nSPS) is 10.3. The Morgan fingerprint density at radius 2 is 2.00 bits per heavy atom. The summed E-state index contributed by atoms with van der Waals surface area (Å²) in [5.41, 5.74) is 6.52. The van der Waals surface area contributed by atoms with Gasteiger partial charge in [0.1, 0.15) is 5.75 Å². The van der Waals surface area contributed by atoms with Gasteiger partial charge in [-0.3, -0.25) is 9.59 Å². The molecule has 0 spiro atoms. The molecule has 0 fully saturated rings. The van der Waals surface area contributed by atoms with E-state index in [4.69, 9.17) is 15.6 Å². The fraction of sp³-hybridized carbons (Fsp3) is 0.529. The Balaban J connectivity index is 2.09. The number of unbranched alkanes of at least 4 members (excludes halogenated alkanes) is 3. The smallest absolute Gasteiger partial charge is 0.220 e. The molecular weight excluding hydrogens is 296 g/mol. The third-order valence-electron chi connectivity index (χ3n) is 3.41. The maximum absolute atomic E-state index is 11.6. The minimum absolute atomic E-state index is 0.0200. The SMILES string of the molecule is Nc1cc(OCCCC(=O)NCCCCCCO)ccc1C=O. The van der Waals surface area contributed by atoms with E-state index in [1.165, 1.54) is 0 Å². The van der Waals surface area contributed by atoms with Crippen molar-refractivity contribution in [3.63, 3.8) is 0 Å². The van der Waals surface area contributed by atoms with E-state index in [2.05, 4.69) is 5.32 Å².